The number of nitrogens with two attached hydrogens (primary N) is 1. The van der Waals surface area contributed by atoms with Gasteiger partial charge in [-0.05, 0) is 17.7 Å². The Bertz CT molecular complexity index is 388. The molecule has 0 amide bonds. The standard InChI is InChI=1S/C10H11F3N2O/c11-10(12,13)8-4-3-7(2-1-5-16)9(6-8)15-14/h1-4,6,15-16H,5,14H2. The highest BCUT2D eigenvalue weighted by molar-refractivity contribution is 5.67. The summed E-state index contributed by atoms with van der Waals surface area (Å²) in [4.78, 5) is 0. The summed E-state index contributed by atoms with van der Waals surface area (Å²) in [6.07, 6.45) is -1.51. The Morgan fingerprint density at radius 2 is 2.06 bits per heavy atom. The Morgan fingerprint density at radius 1 is 1.38 bits per heavy atom. The van der Waals surface area contributed by atoms with Crippen LogP contribution in [0.15, 0.2) is 24.3 Å². The summed E-state index contributed by atoms with van der Waals surface area (Å²) in [5, 5.41) is 8.56. The quantitative estimate of drug-likeness (QED) is 0.551. The van der Waals surface area contributed by atoms with E-state index in [1.54, 1.807) is 0 Å². The molecule has 6 heteroatoms. The minimum Gasteiger partial charge on any atom is -0.392 e. The topological polar surface area (TPSA) is 58.3 Å². The van der Waals surface area contributed by atoms with Gasteiger partial charge >= 0.3 is 6.18 Å². The molecule has 1 aromatic carbocycles. The monoisotopic (exact) mass is 232 g/mol. The van der Waals surface area contributed by atoms with Crippen LogP contribution in [0.2, 0.25) is 0 Å². The summed E-state index contributed by atoms with van der Waals surface area (Å²) < 4.78 is 37.1. The molecule has 88 valence electrons. The van der Waals surface area contributed by atoms with E-state index < -0.39 is 11.7 Å². The van der Waals surface area contributed by atoms with Gasteiger partial charge in [0.2, 0.25) is 0 Å². The summed E-state index contributed by atoms with van der Waals surface area (Å²) in [6.45, 7) is -0.189. The fourth-order valence-electron chi connectivity index (χ4n) is 1.18. The van der Waals surface area contributed by atoms with Crippen molar-refractivity contribution in [1.82, 2.24) is 0 Å². The van der Waals surface area contributed by atoms with Crippen molar-refractivity contribution in [3.63, 3.8) is 0 Å². The maximum Gasteiger partial charge on any atom is 0.416 e. The zero-order valence-corrected chi connectivity index (χ0v) is 8.25. The van der Waals surface area contributed by atoms with Gasteiger partial charge in [0.25, 0.3) is 0 Å². The van der Waals surface area contributed by atoms with Crippen molar-refractivity contribution >= 4 is 11.8 Å². The van der Waals surface area contributed by atoms with Crippen LogP contribution in [-0.4, -0.2) is 11.7 Å². The molecule has 4 N–H and O–H groups in total. The van der Waals surface area contributed by atoms with Gasteiger partial charge in [0.05, 0.1) is 17.9 Å². The van der Waals surface area contributed by atoms with Crippen molar-refractivity contribution < 1.29 is 18.3 Å². The first-order valence-corrected chi connectivity index (χ1v) is 4.44. The second-order valence-electron chi connectivity index (χ2n) is 3.03. The van der Waals surface area contributed by atoms with E-state index in [0.29, 0.717) is 5.56 Å². The predicted octanol–water partition coefficient (Wildman–Crippen LogP) is 2.00. The molecule has 0 spiro atoms. The van der Waals surface area contributed by atoms with Gasteiger partial charge in [0.1, 0.15) is 0 Å². The molecule has 0 radical (unpaired) electrons. The van der Waals surface area contributed by atoms with Gasteiger partial charge in [-0.15, -0.1) is 0 Å². The largest absolute Gasteiger partial charge is 0.416 e. The third kappa shape index (κ3) is 2.98. The summed E-state index contributed by atoms with van der Waals surface area (Å²) in [5.74, 6) is 5.12. The van der Waals surface area contributed by atoms with Gasteiger partial charge < -0.3 is 10.5 Å². The fourth-order valence-corrected chi connectivity index (χ4v) is 1.18. The van der Waals surface area contributed by atoms with Crippen molar-refractivity contribution in [1.29, 1.82) is 0 Å². The summed E-state index contributed by atoms with van der Waals surface area (Å²) in [5.41, 5.74) is 2.04. The van der Waals surface area contributed by atoms with Crippen LogP contribution < -0.4 is 11.3 Å². The van der Waals surface area contributed by atoms with E-state index in [2.05, 4.69) is 5.43 Å². The van der Waals surface area contributed by atoms with Crippen LogP contribution in [0.3, 0.4) is 0 Å². The molecule has 0 atom stereocenters. The molecule has 0 aliphatic rings. The maximum atomic E-state index is 12.4. The zero-order valence-electron chi connectivity index (χ0n) is 8.25. The molecule has 0 aromatic heterocycles. The molecule has 0 aliphatic carbocycles. The number of nitrogens with one attached hydrogen (secondary N) is 1. The molecule has 0 bridgehead atoms. The Morgan fingerprint density at radius 3 is 2.56 bits per heavy atom. The van der Waals surface area contributed by atoms with Crippen molar-refractivity contribution in [2.75, 3.05) is 12.0 Å². The summed E-state index contributed by atoms with van der Waals surface area (Å²) in [6, 6.07) is 3.15. The SMILES string of the molecule is NNc1cc(C(F)(F)F)ccc1C=CCO. The molecule has 0 unspecified atom stereocenters. The number of anilines is 1. The number of hydrogen-bond acceptors (Lipinski definition) is 3. The van der Waals surface area contributed by atoms with Crippen LogP contribution in [0.4, 0.5) is 18.9 Å². The van der Waals surface area contributed by atoms with Gasteiger partial charge in [-0.25, -0.2) is 0 Å². The van der Waals surface area contributed by atoms with E-state index in [-0.39, 0.29) is 12.3 Å². The average Bonchev–Trinajstić information content (AvgIpc) is 2.24. The Balaban J connectivity index is 3.12. The number of halogens is 3. The third-order valence-corrected chi connectivity index (χ3v) is 1.94. The third-order valence-electron chi connectivity index (χ3n) is 1.94. The number of rotatable bonds is 3. The molecule has 0 aliphatic heterocycles. The first-order valence-electron chi connectivity index (χ1n) is 4.44. The predicted molar refractivity (Wildman–Crippen MR) is 55.4 cm³/mol. The lowest BCUT2D eigenvalue weighted by atomic mass is 10.1. The Hall–Kier alpha value is -1.53. The number of nitrogen functional groups attached to an aromatic ring is 1. The molecule has 3 nitrogen and oxygen atoms in total. The molecule has 0 fully saturated rings. The van der Waals surface area contributed by atoms with E-state index in [9.17, 15) is 13.2 Å². The molecule has 0 saturated carbocycles. The molecule has 1 rings (SSSR count). The first kappa shape index (κ1) is 12.5. The Labute approximate surface area is 90.4 Å². The van der Waals surface area contributed by atoms with Crippen LogP contribution >= 0.6 is 0 Å². The van der Waals surface area contributed by atoms with E-state index in [1.807, 2.05) is 0 Å². The van der Waals surface area contributed by atoms with Crippen molar-refractivity contribution in [3.05, 3.63) is 35.4 Å². The lowest BCUT2D eigenvalue weighted by Crippen LogP contribution is -2.11. The number of alkyl halides is 3. The molecule has 0 saturated heterocycles. The van der Waals surface area contributed by atoms with Gasteiger partial charge in [-0.1, -0.05) is 18.2 Å². The van der Waals surface area contributed by atoms with E-state index in [1.165, 1.54) is 18.2 Å². The normalized spacial score (nSPS) is 12.1. The molecule has 1 aromatic rings. The minimum absolute atomic E-state index is 0.152. The lowest BCUT2D eigenvalue weighted by Gasteiger charge is -2.10. The number of aliphatic hydroxyl groups excluding tert-OH is 1. The van der Waals surface area contributed by atoms with E-state index in [0.717, 1.165) is 12.1 Å². The number of benzene rings is 1. The Kier molecular flexibility index (Phi) is 3.92. The smallest absolute Gasteiger partial charge is 0.392 e. The van der Waals surface area contributed by atoms with Crippen molar-refractivity contribution in [2.24, 2.45) is 5.84 Å². The van der Waals surface area contributed by atoms with Gasteiger partial charge in [-0.3, -0.25) is 5.84 Å². The van der Waals surface area contributed by atoms with Crippen LogP contribution in [0, 0.1) is 0 Å². The fraction of sp³-hybridized carbons (Fsp3) is 0.200. The van der Waals surface area contributed by atoms with Crippen LogP contribution in [0.1, 0.15) is 11.1 Å². The molecule has 0 heterocycles. The highest BCUT2D eigenvalue weighted by Gasteiger charge is 2.30. The first-order chi connectivity index (χ1) is 7.49. The number of hydrogen-bond donors (Lipinski definition) is 3. The number of aliphatic hydroxyl groups is 1. The molecule has 16 heavy (non-hydrogen) atoms. The van der Waals surface area contributed by atoms with Gasteiger partial charge in [0.15, 0.2) is 0 Å². The van der Waals surface area contributed by atoms with Gasteiger partial charge in [-0.2, -0.15) is 13.2 Å². The van der Waals surface area contributed by atoms with Crippen LogP contribution in [0.25, 0.3) is 6.08 Å². The van der Waals surface area contributed by atoms with Gasteiger partial charge in [0, 0.05) is 0 Å². The van der Waals surface area contributed by atoms with E-state index in [4.69, 9.17) is 10.9 Å². The molecular weight excluding hydrogens is 221 g/mol. The minimum atomic E-state index is -4.40. The molecular formula is C10H11F3N2O. The summed E-state index contributed by atoms with van der Waals surface area (Å²) >= 11 is 0. The lowest BCUT2D eigenvalue weighted by molar-refractivity contribution is -0.137. The second-order valence-corrected chi connectivity index (χ2v) is 3.03. The van der Waals surface area contributed by atoms with Crippen molar-refractivity contribution in [2.45, 2.75) is 6.18 Å². The second kappa shape index (κ2) is 5.00. The van der Waals surface area contributed by atoms with Crippen LogP contribution in [0.5, 0.6) is 0 Å². The zero-order chi connectivity index (χ0) is 12.2. The number of hydrazine groups is 1. The average molecular weight is 232 g/mol. The highest BCUT2D eigenvalue weighted by atomic mass is 19.4. The van der Waals surface area contributed by atoms with Crippen molar-refractivity contribution in [3.8, 4) is 0 Å². The van der Waals surface area contributed by atoms with E-state index >= 15 is 0 Å². The summed E-state index contributed by atoms with van der Waals surface area (Å²) in [7, 11) is 0. The maximum absolute atomic E-state index is 12.4. The van der Waals surface area contributed by atoms with Crippen LogP contribution in [-0.2, 0) is 6.18 Å². The highest BCUT2D eigenvalue weighted by Crippen LogP contribution is 2.32.